The summed E-state index contributed by atoms with van der Waals surface area (Å²) in [6, 6.07) is 14.1. The molecule has 0 saturated carbocycles. The van der Waals surface area contributed by atoms with Crippen LogP contribution in [0.1, 0.15) is 25.0 Å². The summed E-state index contributed by atoms with van der Waals surface area (Å²) in [5.74, 6) is -0.847. The number of thiocarbonyl (C=S) groups is 1. The zero-order chi connectivity index (χ0) is 23.7. The smallest absolute Gasteiger partial charge is 0.274 e. The molecule has 1 aliphatic heterocycles. The average Bonchev–Trinajstić information content (AvgIpc) is 3.15. The van der Waals surface area contributed by atoms with Crippen LogP contribution in [-0.4, -0.2) is 49.3 Å². The molecule has 0 radical (unpaired) electrons. The Morgan fingerprint density at radius 3 is 2.21 bits per heavy atom. The third kappa shape index (κ3) is 3.91. The molecule has 1 saturated heterocycles. The van der Waals surface area contributed by atoms with Crippen molar-refractivity contribution in [2.24, 2.45) is 0 Å². The number of benzene rings is 2. The van der Waals surface area contributed by atoms with E-state index in [0.717, 1.165) is 10.9 Å². The number of nitrogens with zero attached hydrogens (tertiary/aromatic N) is 4. The first-order chi connectivity index (χ1) is 15.9. The minimum Gasteiger partial charge on any atom is -0.342 e. The van der Waals surface area contributed by atoms with Crippen molar-refractivity contribution in [2.45, 2.75) is 20.4 Å². The lowest BCUT2D eigenvalue weighted by Crippen LogP contribution is -2.55. The number of fused-ring (bicyclic) bond motifs is 1. The summed E-state index contributed by atoms with van der Waals surface area (Å²) in [7, 11) is 0. The highest BCUT2D eigenvalue weighted by Gasteiger charge is 2.38. The maximum atomic E-state index is 13.0. The monoisotopic (exact) mass is 462 g/mol. The Morgan fingerprint density at radius 2 is 1.58 bits per heavy atom. The van der Waals surface area contributed by atoms with E-state index in [2.05, 4.69) is 0 Å². The summed E-state index contributed by atoms with van der Waals surface area (Å²) in [6.45, 7) is 4.61. The van der Waals surface area contributed by atoms with E-state index >= 15 is 0 Å². The second kappa shape index (κ2) is 8.95. The minimum absolute atomic E-state index is 0.0403. The van der Waals surface area contributed by atoms with E-state index in [0.29, 0.717) is 24.2 Å². The van der Waals surface area contributed by atoms with Crippen molar-refractivity contribution in [3.63, 3.8) is 0 Å². The molecule has 0 unspecified atom stereocenters. The molecule has 33 heavy (non-hydrogen) atoms. The SMILES string of the molecule is CCN1C(=O)C(=Cc2cn(Cc3ccccc3[N+](=O)[O-])c3ccccc23)C(=O)N(CC)C1=S. The van der Waals surface area contributed by atoms with Gasteiger partial charge in [0.1, 0.15) is 5.57 Å². The molecule has 2 amide bonds. The van der Waals surface area contributed by atoms with Crippen molar-refractivity contribution in [3.05, 3.63) is 81.5 Å². The van der Waals surface area contributed by atoms with Gasteiger partial charge >= 0.3 is 0 Å². The Bertz CT molecular complexity index is 1300. The fourth-order valence-corrected chi connectivity index (χ4v) is 4.49. The van der Waals surface area contributed by atoms with Gasteiger partial charge in [0, 0.05) is 47.4 Å². The Hall–Kier alpha value is -3.85. The molecule has 9 heteroatoms. The molecular weight excluding hydrogens is 440 g/mol. The lowest BCUT2D eigenvalue weighted by Gasteiger charge is -2.35. The number of likely N-dealkylation sites (N-methyl/N-ethyl adjacent to an activating group) is 2. The molecule has 8 nitrogen and oxygen atoms in total. The fourth-order valence-electron chi connectivity index (χ4n) is 4.07. The summed E-state index contributed by atoms with van der Waals surface area (Å²) < 4.78 is 1.89. The van der Waals surface area contributed by atoms with Gasteiger partial charge in [0.15, 0.2) is 5.11 Å². The molecule has 3 aromatic rings. The molecule has 0 bridgehead atoms. The summed E-state index contributed by atoms with van der Waals surface area (Å²) in [6.07, 6.45) is 3.41. The number of aromatic nitrogens is 1. The number of carbonyl (C=O) groups excluding carboxylic acids is 2. The van der Waals surface area contributed by atoms with Gasteiger partial charge in [-0.1, -0.05) is 36.4 Å². The predicted octanol–water partition coefficient (Wildman–Crippen LogP) is 3.98. The van der Waals surface area contributed by atoms with Gasteiger partial charge < -0.3 is 4.57 Å². The van der Waals surface area contributed by atoms with Crippen LogP contribution < -0.4 is 0 Å². The van der Waals surface area contributed by atoms with Gasteiger partial charge in [-0.25, -0.2) is 0 Å². The Labute approximate surface area is 195 Å². The van der Waals surface area contributed by atoms with Gasteiger partial charge in [-0.3, -0.25) is 29.5 Å². The molecule has 0 spiro atoms. The second-order valence-electron chi connectivity index (χ2n) is 7.55. The Kier molecular flexibility index (Phi) is 6.06. The van der Waals surface area contributed by atoms with Gasteiger partial charge in [-0.15, -0.1) is 0 Å². The molecule has 2 heterocycles. The number of nitro benzene ring substituents is 1. The number of nitro groups is 1. The zero-order valence-electron chi connectivity index (χ0n) is 18.2. The highest BCUT2D eigenvalue weighted by Crippen LogP contribution is 2.28. The number of amides is 2. The van der Waals surface area contributed by atoms with E-state index in [1.54, 1.807) is 24.3 Å². The van der Waals surface area contributed by atoms with Crippen molar-refractivity contribution >= 4 is 51.8 Å². The van der Waals surface area contributed by atoms with E-state index in [-0.39, 0.29) is 22.9 Å². The quantitative estimate of drug-likeness (QED) is 0.182. The van der Waals surface area contributed by atoms with E-state index in [4.69, 9.17) is 12.2 Å². The third-order valence-electron chi connectivity index (χ3n) is 5.69. The average molecular weight is 463 g/mol. The lowest BCUT2D eigenvalue weighted by atomic mass is 10.1. The summed E-state index contributed by atoms with van der Waals surface area (Å²) in [5, 5.41) is 12.5. The van der Waals surface area contributed by atoms with Crippen LogP contribution in [0.5, 0.6) is 0 Å². The molecule has 4 rings (SSSR count). The van der Waals surface area contributed by atoms with Crippen LogP contribution in [0.4, 0.5) is 5.69 Å². The van der Waals surface area contributed by atoms with Crippen molar-refractivity contribution < 1.29 is 14.5 Å². The first-order valence-corrected chi connectivity index (χ1v) is 11.0. The topological polar surface area (TPSA) is 88.7 Å². The zero-order valence-corrected chi connectivity index (χ0v) is 19.0. The normalized spacial score (nSPS) is 14.4. The van der Waals surface area contributed by atoms with Gasteiger partial charge in [-0.2, -0.15) is 0 Å². The van der Waals surface area contributed by atoms with E-state index < -0.39 is 16.7 Å². The third-order valence-corrected chi connectivity index (χ3v) is 6.13. The van der Waals surface area contributed by atoms with Crippen LogP contribution in [0.3, 0.4) is 0 Å². The number of rotatable bonds is 6. The predicted molar refractivity (Wildman–Crippen MR) is 129 cm³/mol. The maximum Gasteiger partial charge on any atom is 0.274 e. The molecular formula is C24H22N4O4S. The Balaban J connectivity index is 1.82. The van der Waals surface area contributed by atoms with E-state index in [1.807, 2.05) is 48.9 Å². The van der Waals surface area contributed by atoms with Gasteiger partial charge in [-0.05, 0) is 38.2 Å². The van der Waals surface area contributed by atoms with Crippen LogP contribution in [0, 0.1) is 10.1 Å². The van der Waals surface area contributed by atoms with E-state index in [1.165, 1.54) is 15.9 Å². The highest BCUT2D eigenvalue weighted by atomic mass is 32.1. The fraction of sp³-hybridized carbons (Fsp3) is 0.208. The molecule has 2 aromatic carbocycles. The van der Waals surface area contributed by atoms with Gasteiger partial charge in [0.05, 0.1) is 11.5 Å². The standard InChI is InChI=1S/C24H22N4O4S/c1-3-26-22(29)19(23(30)27(4-2)24(26)33)13-17-15-25(21-12-8-6-10-18(17)21)14-16-9-5-7-11-20(16)28(31)32/h5-13,15H,3-4,14H2,1-2H3. The molecule has 1 aromatic heterocycles. The van der Waals surface area contributed by atoms with Crippen molar-refractivity contribution in [1.29, 1.82) is 0 Å². The molecule has 1 aliphatic rings. The first-order valence-electron chi connectivity index (χ1n) is 10.6. The summed E-state index contributed by atoms with van der Waals surface area (Å²) in [5.41, 5.74) is 2.17. The highest BCUT2D eigenvalue weighted by molar-refractivity contribution is 7.80. The van der Waals surface area contributed by atoms with Crippen molar-refractivity contribution in [2.75, 3.05) is 13.1 Å². The molecule has 0 atom stereocenters. The van der Waals surface area contributed by atoms with Crippen LogP contribution in [0.25, 0.3) is 17.0 Å². The Morgan fingerprint density at radius 1 is 0.970 bits per heavy atom. The molecule has 168 valence electrons. The maximum absolute atomic E-state index is 13.0. The number of carbonyl (C=O) groups is 2. The van der Waals surface area contributed by atoms with E-state index in [9.17, 15) is 19.7 Å². The number of hydrogen-bond donors (Lipinski definition) is 0. The summed E-state index contributed by atoms with van der Waals surface area (Å²) in [4.78, 5) is 40.0. The van der Waals surface area contributed by atoms with Gasteiger partial charge in [0.25, 0.3) is 17.5 Å². The van der Waals surface area contributed by atoms with Gasteiger partial charge in [0.2, 0.25) is 0 Å². The molecule has 0 aliphatic carbocycles. The number of hydrogen-bond acceptors (Lipinski definition) is 5. The largest absolute Gasteiger partial charge is 0.342 e. The van der Waals surface area contributed by atoms with Crippen LogP contribution in [-0.2, 0) is 16.1 Å². The first kappa shape index (κ1) is 22.3. The molecule has 1 fully saturated rings. The second-order valence-corrected chi connectivity index (χ2v) is 7.92. The minimum atomic E-state index is -0.423. The van der Waals surface area contributed by atoms with Crippen molar-refractivity contribution in [1.82, 2.24) is 14.4 Å². The lowest BCUT2D eigenvalue weighted by molar-refractivity contribution is -0.385. The van der Waals surface area contributed by atoms with Crippen LogP contribution >= 0.6 is 12.2 Å². The summed E-state index contributed by atoms with van der Waals surface area (Å²) >= 11 is 5.33. The van der Waals surface area contributed by atoms with Crippen LogP contribution in [0.2, 0.25) is 0 Å². The molecule has 0 N–H and O–H groups in total. The number of para-hydroxylation sites is 2. The van der Waals surface area contributed by atoms with Crippen molar-refractivity contribution in [3.8, 4) is 0 Å². The van der Waals surface area contributed by atoms with Crippen LogP contribution in [0.15, 0.2) is 60.3 Å².